The minimum atomic E-state index is -3.46. The number of hydrogen-bond donors (Lipinski definition) is 2. The number of hydrogen-bond acceptors (Lipinski definition) is 5. The van der Waals surface area contributed by atoms with Crippen LogP contribution in [0.3, 0.4) is 0 Å². The van der Waals surface area contributed by atoms with Gasteiger partial charge in [0, 0.05) is 19.6 Å². The summed E-state index contributed by atoms with van der Waals surface area (Å²) in [6, 6.07) is 4.88. The van der Waals surface area contributed by atoms with Gasteiger partial charge in [0.1, 0.15) is 0 Å². The van der Waals surface area contributed by atoms with Crippen LogP contribution in [-0.4, -0.2) is 40.3 Å². The fourth-order valence-corrected chi connectivity index (χ4v) is 4.11. The lowest BCUT2D eigenvalue weighted by molar-refractivity contribution is 0.0305. The number of morpholine rings is 1. The second-order valence-electron chi connectivity index (χ2n) is 5.58. The second-order valence-corrected chi connectivity index (χ2v) is 7.35. The van der Waals surface area contributed by atoms with E-state index in [-0.39, 0.29) is 17.1 Å². The molecule has 2 bridgehead atoms. The molecule has 6 nitrogen and oxygen atoms in total. The average molecular weight is 311 g/mol. The average Bonchev–Trinajstić information content (AvgIpc) is 2.77. The summed E-state index contributed by atoms with van der Waals surface area (Å²) in [6.45, 7) is 3.66. The zero-order valence-corrected chi connectivity index (χ0v) is 12.9. The molecular formula is C14H21N3O3S. The lowest BCUT2D eigenvalue weighted by Crippen LogP contribution is -2.43. The normalized spacial score (nSPS) is 25.3. The van der Waals surface area contributed by atoms with E-state index in [2.05, 4.69) is 9.62 Å². The molecule has 0 saturated carbocycles. The number of ether oxygens (including phenoxy) is 1. The minimum absolute atomic E-state index is 0.234. The van der Waals surface area contributed by atoms with Gasteiger partial charge in [-0.1, -0.05) is 6.92 Å². The van der Waals surface area contributed by atoms with Gasteiger partial charge in [0.25, 0.3) is 0 Å². The van der Waals surface area contributed by atoms with Gasteiger partial charge >= 0.3 is 0 Å². The first-order valence-corrected chi connectivity index (χ1v) is 8.77. The van der Waals surface area contributed by atoms with Crippen LogP contribution < -0.4 is 15.4 Å². The van der Waals surface area contributed by atoms with Crippen molar-refractivity contribution in [2.75, 3.05) is 30.3 Å². The predicted octanol–water partition coefficient (Wildman–Crippen LogP) is 0.935. The minimum Gasteiger partial charge on any atom is -0.397 e. The van der Waals surface area contributed by atoms with Gasteiger partial charge in [-0.25, -0.2) is 13.1 Å². The summed E-state index contributed by atoms with van der Waals surface area (Å²) in [4.78, 5) is 2.40. The van der Waals surface area contributed by atoms with Gasteiger partial charge in [-0.3, -0.25) is 0 Å². The maximum Gasteiger partial charge on any atom is 0.240 e. The molecule has 1 aromatic rings. The van der Waals surface area contributed by atoms with Crippen molar-refractivity contribution in [3.63, 3.8) is 0 Å². The Labute approximate surface area is 125 Å². The van der Waals surface area contributed by atoms with Gasteiger partial charge in [-0.05, 0) is 31.0 Å². The van der Waals surface area contributed by atoms with Gasteiger partial charge in [0.05, 0.1) is 28.5 Å². The van der Waals surface area contributed by atoms with Crippen LogP contribution in [-0.2, 0) is 14.8 Å². The first-order valence-electron chi connectivity index (χ1n) is 7.29. The molecule has 21 heavy (non-hydrogen) atoms. The Kier molecular flexibility index (Phi) is 3.81. The highest BCUT2D eigenvalue weighted by Gasteiger charge is 2.34. The number of anilines is 2. The number of nitrogens with one attached hydrogen (secondary N) is 1. The van der Waals surface area contributed by atoms with Crippen molar-refractivity contribution in [1.29, 1.82) is 0 Å². The lowest BCUT2D eigenvalue weighted by atomic mass is 10.2. The highest BCUT2D eigenvalue weighted by Crippen LogP contribution is 2.33. The molecular weight excluding hydrogens is 290 g/mol. The number of nitrogens with two attached hydrogens (primary N) is 1. The third-order valence-corrected chi connectivity index (χ3v) is 5.57. The van der Waals surface area contributed by atoms with E-state index >= 15 is 0 Å². The predicted molar refractivity (Wildman–Crippen MR) is 81.8 cm³/mol. The van der Waals surface area contributed by atoms with Gasteiger partial charge in [-0.15, -0.1) is 0 Å². The summed E-state index contributed by atoms with van der Waals surface area (Å²) in [5.74, 6) is 0. The summed E-state index contributed by atoms with van der Waals surface area (Å²) < 4.78 is 32.6. The standard InChI is InChI=1S/C14H21N3O3S/c1-2-16-21(18,19)12-5-6-13(15)14(7-12)17-8-10-3-4-11(9-17)20-10/h5-7,10-11,16H,2-4,8-9,15H2,1H3. The van der Waals surface area contributed by atoms with Crippen molar-refractivity contribution in [3.8, 4) is 0 Å². The van der Waals surface area contributed by atoms with Gasteiger partial charge in [0.15, 0.2) is 0 Å². The Morgan fingerprint density at radius 2 is 2.00 bits per heavy atom. The van der Waals surface area contributed by atoms with Crippen molar-refractivity contribution >= 4 is 21.4 Å². The van der Waals surface area contributed by atoms with Gasteiger partial charge in [-0.2, -0.15) is 0 Å². The molecule has 0 spiro atoms. The Bertz CT molecular complexity index is 620. The molecule has 2 unspecified atom stereocenters. The molecule has 2 aliphatic heterocycles. The Hall–Kier alpha value is -1.31. The van der Waals surface area contributed by atoms with Crippen LogP contribution in [0.4, 0.5) is 11.4 Å². The van der Waals surface area contributed by atoms with Crippen LogP contribution in [0.1, 0.15) is 19.8 Å². The fraction of sp³-hybridized carbons (Fsp3) is 0.571. The first-order chi connectivity index (χ1) is 9.99. The quantitative estimate of drug-likeness (QED) is 0.808. The van der Waals surface area contributed by atoms with Crippen LogP contribution >= 0.6 is 0 Å². The van der Waals surface area contributed by atoms with Crippen LogP contribution in [0, 0.1) is 0 Å². The summed E-state index contributed by atoms with van der Waals surface area (Å²) in [5.41, 5.74) is 7.44. The van der Waals surface area contributed by atoms with Gasteiger partial charge < -0.3 is 15.4 Å². The SMILES string of the molecule is CCNS(=O)(=O)c1ccc(N)c(N2CC3CCC(C2)O3)c1. The Morgan fingerprint density at radius 1 is 1.33 bits per heavy atom. The molecule has 3 rings (SSSR count). The molecule has 0 radical (unpaired) electrons. The number of rotatable bonds is 4. The zero-order valence-electron chi connectivity index (χ0n) is 12.1. The van der Waals surface area contributed by atoms with E-state index < -0.39 is 10.0 Å². The molecule has 0 aromatic heterocycles. The van der Waals surface area contributed by atoms with Crippen molar-refractivity contribution < 1.29 is 13.2 Å². The van der Waals surface area contributed by atoms with E-state index in [4.69, 9.17) is 10.5 Å². The van der Waals surface area contributed by atoms with Crippen LogP contribution in [0.15, 0.2) is 23.1 Å². The summed E-state index contributed by atoms with van der Waals surface area (Å²) in [6.07, 6.45) is 2.60. The highest BCUT2D eigenvalue weighted by atomic mass is 32.2. The molecule has 2 fully saturated rings. The first kappa shape index (κ1) is 14.6. The third kappa shape index (κ3) is 2.86. The Balaban J connectivity index is 1.92. The second kappa shape index (κ2) is 5.47. The Morgan fingerprint density at radius 3 is 2.62 bits per heavy atom. The van der Waals surface area contributed by atoms with E-state index in [1.54, 1.807) is 25.1 Å². The van der Waals surface area contributed by atoms with Crippen molar-refractivity contribution in [2.45, 2.75) is 36.9 Å². The van der Waals surface area contributed by atoms with Gasteiger partial charge in [0.2, 0.25) is 10.0 Å². The third-order valence-electron chi connectivity index (χ3n) is 4.03. The van der Waals surface area contributed by atoms with Crippen molar-refractivity contribution in [1.82, 2.24) is 4.72 Å². The van der Waals surface area contributed by atoms with E-state index in [9.17, 15) is 8.42 Å². The van der Waals surface area contributed by atoms with E-state index in [1.807, 2.05) is 0 Å². The maximum atomic E-state index is 12.1. The molecule has 0 aliphatic carbocycles. The number of nitrogen functional groups attached to an aromatic ring is 1. The summed E-state index contributed by atoms with van der Waals surface area (Å²) >= 11 is 0. The number of benzene rings is 1. The van der Waals surface area contributed by atoms with Crippen molar-refractivity contribution in [3.05, 3.63) is 18.2 Å². The maximum absolute atomic E-state index is 12.1. The summed E-state index contributed by atoms with van der Waals surface area (Å²) in [7, 11) is -3.46. The molecule has 7 heteroatoms. The van der Waals surface area contributed by atoms with Crippen LogP contribution in [0.5, 0.6) is 0 Å². The monoisotopic (exact) mass is 311 g/mol. The van der Waals surface area contributed by atoms with E-state index in [0.29, 0.717) is 12.2 Å². The number of nitrogens with zero attached hydrogens (tertiary/aromatic N) is 1. The van der Waals surface area contributed by atoms with E-state index in [0.717, 1.165) is 31.6 Å². The molecule has 2 atom stereocenters. The number of sulfonamides is 1. The largest absolute Gasteiger partial charge is 0.397 e. The van der Waals surface area contributed by atoms with Crippen LogP contribution in [0.25, 0.3) is 0 Å². The molecule has 0 amide bonds. The van der Waals surface area contributed by atoms with E-state index in [1.165, 1.54) is 0 Å². The van der Waals surface area contributed by atoms with Crippen molar-refractivity contribution in [2.24, 2.45) is 0 Å². The molecule has 2 heterocycles. The fourth-order valence-electron chi connectivity index (χ4n) is 3.05. The highest BCUT2D eigenvalue weighted by molar-refractivity contribution is 7.89. The molecule has 2 saturated heterocycles. The molecule has 116 valence electrons. The topological polar surface area (TPSA) is 84.7 Å². The summed E-state index contributed by atoms with van der Waals surface area (Å²) in [5, 5.41) is 0. The lowest BCUT2D eigenvalue weighted by Gasteiger charge is -2.34. The molecule has 1 aromatic carbocycles. The molecule has 3 N–H and O–H groups in total. The zero-order chi connectivity index (χ0) is 15.0. The number of fused-ring (bicyclic) bond motifs is 2. The smallest absolute Gasteiger partial charge is 0.240 e. The molecule has 2 aliphatic rings. The van der Waals surface area contributed by atoms with Crippen LogP contribution in [0.2, 0.25) is 0 Å².